The van der Waals surface area contributed by atoms with Gasteiger partial charge in [0.25, 0.3) is 0 Å². The fourth-order valence-corrected chi connectivity index (χ4v) is 1.83. The molecule has 21 heavy (non-hydrogen) atoms. The number of hydrogen-bond donors (Lipinski definition) is 2. The highest BCUT2D eigenvalue weighted by Gasteiger charge is 2.23. The molecule has 0 aliphatic heterocycles. The van der Waals surface area contributed by atoms with Crippen LogP contribution in [0.3, 0.4) is 0 Å². The van der Waals surface area contributed by atoms with Crippen molar-refractivity contribution in [3.8, 4) is 5.75 Å². The minimum Gasteiger partial charge on any atom is -0.497 e. The normalized spacial score (nSPS) is 13.6. The van der Waals surface area contributed by atoms with Crippen LogP contribution >= 0.6 is 0 Å². The van der Waals surface area contributed by atoms with Crippen LogP contribution in [0.25, 0.3) is 0 Å². The van der Waals surface area contributed by atoms with Gasteiger partial charge in [-0.05, 0) is 29.5 Å². The summed E-state index contributed by atoms with van der Waals surface area (Å²) in [6, 6.07) is 5.60. The highest BCUT2D eigenvalue weighted by molar-refractivity contribution is 5.84. The van der Waals surface area contributed by atoms with E-state index in [9.17, 15) is 14.7 Å². The van der Waals surface area contributed by atoms with E-state index in [1.54, 1.807) is 31.4 Å². The summed E-state index contributed by atoms with van der Waals surface area (Å²) in [5.74, 6) is -0.108. The molecule has 1 rings (SSSR count). The molecule has 0 radical (unpaired) electrons. The summed E-state index contributed by atoms with van der Waals surface area (Å²) in [5, 5.41) is 11.9. The van der Waals surface area contributed by atoms with E-state index in [2.05, 4.69) is 5.32 Å². The summed E-state index contributed by atoms with van der Waals surface area (Å²) in [6.07, 6.45) is 0.317. The fourth-order valence-electron chi connectivity index (χ4n) is 1.83. The predicted molar refractivity (Wildman–Crippen MR) is 80.1 cm³/mol. The van der Waals surface area contributed by atoms with Crippen LogP contribution in [0.5, 0.6) is 5.75 Å². The maximum absolute atomic E-state index is 12.0. The van der Waals surface area contributed by atoms with Crippen molar-refractivity contribution in [2.24, 2.45) is 11.8 Å². The Kier molecular flexibility index (Phi) is 6.21. The first-order valence-corrected chi connectivity index (χ1v) is 7.01. The maximum atomic E-state index is 12.0. The largest absolute Gasteiger partial charge is 0.497 e. The molecule has 0 spiro atoms. The van der Waals surface area contributed by atoms with Gasteiger partial charge < -0.3 is 15.2 Å². The summed E-state index contributed by atoms with van der Waals surface area (Å²) in [6.45, 7) is 6.06. The quantitative estimate of drug-likeness (QED) is 0.810. The van der Waals surface area contributed by atoms with Gasteiger partial charge in [-0.1, -0.05) is 32.9 Å². The lowest BCUT2D eigenvalue weighted by atomic mass is 9.94. The Labute approximate surface area is 125 Å². The van der Waals surface area contributed by atoms with Crippen molar-refractivity contribution in [2.75, 3.05) is 7.11 Å². The maximum Gasteiger partial charge on any atom is 0.330 e. The van der Waals surface area contributed by atoms with Gasteiger partial charge in [-0.3, -0.25) is 4.79 Å². The van der Waals surface area contributed by atoms with Crippen LogP contribution in [-0.4, -0.2) is 24.1 Å². The smallest absolute Gasteiger partial charge is 0.330 e. The Morgan fingerprint density at radius 3 is 2.19 bits per heavy atom. The van der Waals surface area contributed by atoms with Gasteiger partial charge in [0.05, 0.1) is 7.11 Å². The SMILES string of the molecule is COc1ccc(C(NC(=O)CC(C)C(C)C)C(=O)O)cc1. The molecule has 0 aromatic heterocycles. The van der Waals surface area contributed by atoms with Gasteiger partial charge in [-0.25, -0.2) is 4.79 Å². The molecule has 116 valence electrons. The van der Waals surface area contributed by atoms with E-state index in [4.69, 9.17) is 4.74 Å². The highest BCUT2D eigenvalue weighted by Crippen LogP contribution is 2.19. The average molecular weight is 293 g/mol. The molecular weight excluding hydrogens is 270 g/mol. The third kappa shape index (κ3) is 5.10. The van der Waals surface area contributed by atoms with Crippen molar-refractivity contribution in [3.63, 3.8) is 0 Å². The van der Waals surface area contributed by atoms with Crippen molar-refractivity contribution in [1.29, 1.82) is 0 Å². The molecule has 1 aromatic carbocycles. The lowest BCUT2D eigenvalue weighted by Crippen LogP contribution is -2.34. The summed E-state index contributed by atoms with van der Waals surface area (Å²) >= 11 is 0. The van der Waals surface area contributed by atoms with Crippen molar-refractivity contribution >= 4 is 11.9 Å². The molecule has 0 aliphatic carbocycles. The van der Waals surface area contributed by atoms with E-state index in [1.807, 2.05) is 20.8 Å². The van der Waals surface area contributed by atoms with Crippen molar-refractivity contribution in [2.45, 2.75) is 33.2 Å². The number of carboxylic acid groups (broad SMARTS) is 1. The number of carboxylic acids is 1. The molecule has 1 aromatic rings. The van der Waals surface area contributed by atoms with E-state index >= 15 is 0 Å². The Bertz CT molecular complexity index is 482. The van der Waals surface area contributed by atoms with Gasteiger partial charge in [0, 0.05) is 6.42 Å². The van der Waals surface area contributed by atoms with Crippen molar-refractivity contribution in [1.82, 2.24) is 5.32 Å². The number of carbonyl (C=O) groups excluding carboxylic acids is 1. The zero-order valence-electron chi connectivity index (χ0n) is 12.9. The highest BCUT2D eigenvalue weighted by atomic mass is 16.5. The topological polar surface area (TPSA) is 75.6 Å². The van der Waals surface area contributed by atoms with Crippen LogP contribution in [0.15, 0.2) is 24.3 Å². The second kappa shape index (κ2) is 7.67. The molecule has 2 unspecified atom stereocenters. The van der Waals surface area contributed by atoms with Crippen LogP contribution < -0.4 is 10.1 Å². The number of nitrogens with one attached hydrogen (secondary N) is 1. The molecule has 0 heterocycles. The summed E-state index contributed by atoms with van der Waals surface area (Å²) in [4.78, 5) is 23.3. The molecule has 0 bridgehead atoms. The number of benzene rings is 1. The number of carbonyl (C=O) groups is 2. The van der Waals surface area contributed by atoms with Crippen LogP contribution in [0.4, 0.5) is 0 Å². The number of amides is 1. The van der Waals surface area contributed by atoms with E-state index < -0.39 is 12.0 Å². The minimum absolute atomic E-state index is 0.204. The second-order valence-corrected chi connectivity index (χ2v) is 5.54. The van der Waals surface area contributed by atoms with Crippen LogP contribution in [0, 0.1) is 11.8 Å². The van der Waals surface area contributed by atoms with E-state index in [0.29, 0.717) is 23.7 Å². The molecule has 5 heteroatoms. The fraction of sp³-hybridized carbons (Fsp3) is 0.500. The van der Waals surface area contributed by atoms with Gasteiger partial charge in [0.15, 0.2) is 6.04 Å². The van der Waals surface area contributed by atoms with Gasteiger partial charge in [0.1, 0.15) is 5.75 Å². The van der Waals surface area contributed by atoms with Crippen LogP contribution in [0.1, 0.15) is 38.8 Å². The first kappa shape index (κ1) is 17.0. The first-order chi connectivity index (χ1) is 9.85. The Morgan fingerprint density at radius 1 is 1.19 bits per heavy atom. The van der Waals surface area contributed by atoms with Gasteiger partial charge >= 0.3 is 5.97 Å². The monoisotopic (exact) mass is 293 g/mol. The van der Waals surface area contributed by atoms with E-state index in [-0.39, 0.29) is 11.8 Å². The molecule has 0 fully saturated rings. The first-order valence-electron chi connectivity index (χ1n) is 7.01. The number of ether oxygens (including phenoxy) is 1. The van der Waals surface area contributed by atoms with Crippen LogP contribution in [0.2, 0.25) is 0 Å². The number of methoxy groups -OCH3 is 1. The van der Waals surface area contributed by atoms with Crippen LogP contribution in [-0.2, 0) is 9.59 Å². The zero-order valence-corrected chi connectivity index (χ0v) is 12.9. The van der Waals surface area contributed by atoms with Crippen molar-refractivity contribution < 1.29 is 19.4 Å². The third-order valence-electron chi connectivity index (χ3n) is 3.65. The molecule has 2 N–H and O–H groups in total. The lowest BCUT2D eigenvalue weighted by Gasteiger charge is -2.19. The number of hydrogen-bond acceptors (Lipinski definition) is 3. The van der Waals surface area contributed by atoms with Gasteiger partial charge in [-0.2, -0.15) is 0 Å². The van der Waals surface area contributed by atoms with Gasteiger partial charge in [-0.15, -0.1) is 0 Å². The summed E-state index contributed by atoms with van der Waals surface area (Å²) in [5.41, 5.74) is 0.522. The molecule has 0 saturated heterocycles. The molecule has 0 saturated carbocycles. The van der Waals surface area contributed by atoms with Gasteiger partial charge in [0.2, 0.25) is 5.91 Å². The second-order valence-electron chi connectivity index (χ2n) is 5.54. The average Bonchev–Trinajstić information content (AvgIpc) is 2.44. The number of aliphatic carboxylic acids is 1. The minimum atomic E-state index is -1.08. The zero-order chi connectivity index (χ0) is 16.0. The third-order valence-corrected chi connectivity index (χ3v) is 3.65. The summed E-state index contributed by atoms with van der Waals surface area (Å²) in [7, 11) is 1.54. The predicted octanol–water partition coefficient (Wildman–Crippen LogP) is 2.62. The molecule has 5 nitrogen and oxygen atoms in total. The Morgan fingerprint density at radius 2 is 1.76 bits per heavy atom. The Balaban J connectivity index is 2.77. The number of rotatable bonds is 7. The lowest BCUT2D eigenvalue weighted by molar-refractivity contribution is -0.142. The Hall–Kier alpha value is -2.04. The molecule has 1 amide bonds. The van der Waals surface area contributed by atoms with E-state index in [1.165, 1.54) is 0 Å². The molecule has 2 atom stereocenters. The van der Waals surface area contributed by atoms with Crippen molar-refractivity contribution in [3.05, 3.63) is 29.8 Å². The van der Waals surface area contributed by atoms with E-state index in [0.717, 1.165) is 0 Å². The summed E-state index contributed by atoms with van der Waals surface area (Å²) < 4.78 is 5.03. The molecule has 0 aliphatic rings. The standard InChI is InChI=1S/C16H23NO4/c1-10(2)11(3)9-14(18)17-15(16(19)20)12-5-7-13(21-4)8-6-12/h5-8,10-11,15H,9H2,1-4H3,(H,17,18)(H,19,20). The molecular formula is C16H23NO4.